The number of nitrogens with one attached hydrogen (secondary N) is 1. The molecular weight excluding hydrogens is 445 g/mol. The Morgan fingerprint density at radius 1 is 1.10 bits per heavy atom. The highest BCUT2D eigenvalue weighted by atomic mass is 35.5. The fraction of sp³-hybridized carbons (Fsp3) is 0.316. The number of hydrogen-bond donors (Lipinski definition) is 1. The van der Waals surface area contributed by atoms with Crippen LogP contribution >= 0.6 is 23.2 Å². The number of anilines is 1. The second kappa shape index (κ2) is 8.95. The molecule has 0 atom stereocenters. The number of hydrogen-bond acceptors (Lipinski definition) is 3. The predicted octanol–water partition coefficient (Wildman–Crippen LogP) is 4.45. The van der Waals surface area contributed by atoms with Gasteiger partial charge in [-0.25, -0.2) is 21.5 Å². The molecule has 1 N–H and O–H groups in total. The average molecular weight is 463 g/mol. The number of carbonyl (C=O) groups is 1. The van der Waals surface area contributed by atoms with Gasteiger partial charge in [-0.05, 0) is 42.7 Å². The van der Waals surface area contributed by atoms with Gasteiger partial charge in [0.2, 0.25) is 15.9 Å². The van der Waals surface area contributed by atoms with Gasteiger partial charge in [-0.1, -0.05) is 35.3 Å². The third-order valence-corrected chi connectivity index (χ3v) is 7.20. The summed E-state index contributed by atoms with van der Waals surface area (Å²) in [7, 11) is -3.64. The van der Waals surface area contributed by atoms with Crippen LogP contribution < -0.4 is 5.32 Å². The van der Waals surface area contributed by atoms with Crippen molar-refractivity contribution in [2.45, 2.75) is 18.6 Å². The molecule has 0 spiro atoms. The number of nitrogens with zero attached hydrogens (tertiary/aromatic N) is 1. The molecule has 5 nitrogen and oxygen atoms in total. The zero-order valence-corrected chi connectivity index (χ0v) is 17.5. The Kier molecular flexibility index (Phi) is 6.78. The van der Waals surface area contributed by atoms with Gasteiger partial charge < -0.3 is 5.32 Å². The van der Waals surface area contributed by atoms with Gasteiger partial charge in [0.1, 0.15) is 17.3 Å². The van der Waals surface area contributed by atoms with Crippen LogP contribution in [0.25, 0.3) is 0 Å². The summed E-state index contributed by atoms with van der Waals surface area (Å²) in [6.07, 6.45) is 0.491. The van der Waals surface area contributed by atoms with Crippen molar-refractivity contribution in [1.29, 1.82) is 0 Å². The maximum absolute atomic E-state index is 13.7. The number of halogens is 4. The Morgan fingerprint density at radius 2 is 1.72 bits per heavy atom. The van der Waals surface area contributed by atoms with E-state index in [9.17, 15) is 22.0 Å². The minimum atomic E-state index is -3.64. The van der Waals surface area contributed by atoms with Crippen LogP contribution in [-0.4, -0.2) is 31.7 Å². The lowest BCUT2D eigenvalue weighted by atomic mass is 9.97. The number of sulfonamides is 1. The van der Waals surface area contributed by atoms with Crippen molar-refractivity contribution >= 4 is 44.8 Å². The Balaban J connectivity index is 1.61. The molecule has 0 aliphatic carbocycles. The fourth-order valence-corrected chi connectivity index (χ4v) is 5.31. The molecule has 29 heavy (non-hydrogen) atoms. The molecule has 10 heteroatoms. The zero-order valence-electron chi connectivity index (χ0n) is 15.2. The summed E-state index contributed by atoms with van der Waals surface area (Å²) >= 11 is 11.9. The highest BCUT2D eigenvalue weighted by Crippen LogP contribution is 2.27. The van der Waals surface area contributed by atoms with Crippen LogP contribution in [-0.2, 0) is 20.6 Å². The van der Waals surface area contributed by atoms with E-state index < -0.39 is 39.2 Å². The predicted molar refractivity (Wildman–Crippen MR) is 108 cm³/mol. The summed E-state index contributed by atoms with van der Waals surface area (Å²) in [4.78, 5) is 12.4. The molecule has 1 aliphatic rings. The van der Waals surface area contributed by atoms with E-state index in [0.29, 0.717) is 10.6 Å². The van der Waals surface area contributed by atoms with E-state index in [-0.39, 0.29) is 36.7 Å². The van der Waals surface area contributed by atoms with Gasteiger partial charge in [0.25, 0.3) is 0 Å². The molecule has 0 saturated carbocycles. The third kappa shape index (κ3) is 5.25. The molecule has 0 radical (unpaired) electrons. The van der Waals surface area contributed by atoms with Crippen molar-refractivity contribution in [3.05, 3.63) is 63.6 Å². The van der Waals surface area contributed by atoms with E-state index in [1.165, 1.54) is 16.4 Å². The van der Waals surface area contributed by atoms with Gasteiger partial charge in [0.05, 0.1) is 5.75 Å². The van der Waals surface area contributed by atoms with Crippen LogP contribution in [0, 0.1) is 17.6 Å². The van der Waals surface area contributed by atoms with Gasteiger partial charge in [-0.3, -0.25) is 4.79 Å². The van der Waals surface area contributed by atoms with Crippen LogP contribution in [0.5, 0.6) is 0 Å². The number of piperidine rings is 1. The zero-order chi connectivity index (χ0) is 21.2. The maximum Gasteiger partial charge on any atom is 0.227 e. The second-order valence-electron chi connectivity index (χ2n) is 6.75. The summed E-state index contributed by atoms with van der Waals surface area (Å²) in [5.74, 6) is -3.08. The quantitative estimate of drug-likeness (QED) is 0.713. The van der Waals surface area contributed by atoms with Gasteiger partial charge >= 0.3 is 0 Å². The van der Waals surface area contributed by atoms with Crippen LogP contribution in [0.2, 0.25) is 10.0 Å². The standard InChI is InChI=1S/C19H18Cl2F2N2O3S/c20-14-5-4-13(15(21)10-14)11-29(27,28)25-8-6-12(7-9-25)19(26)24-18-16(22)2-1-3-17(18)23/h1-5,10,12H,6-9,11H2,(H,24,26). The van der Waals surface area contributed by atoms with Crippen molar-refractivity contribution in [2.24, 2.45) is 5.92 Å². The molecule has 2 aromatic rings. The number of rotatable bonds is 5. The van der Waals surface area contributed by atoms with Gasteiger partial charge in [-0.15, -0.1) is 0 Å². The van der Waals surface area contributed by atoms with E-state index in [2.05, 4.69) is 5.32 Å². The van der Waals surface area contributed by atoms with Crippen molar-refractivity contribution < 1.29 is 22.0 Å². The lowest BCUT2D eigenvalue weighted by Crippen LogP contribution is -2.42. The van der Waals surface area contributed by atoms with Crippen LogP contribution in [0.4, 0.5) is 14.5 Å². The normalized spacial score (nSPS) is 16.0. The van der Waals surface area contributed by atoms with E-state index in [1.807, 2.05) is 0 Å². The van der Waals surface area contributed by atoms with Crippen LogP contribution in [0.15, 0.2) is 36.4 Å². The van der Waals surface area contributed by atoms with Gasteiger partial charge in [0.15, 0.2) is 0 Å². The topological polar surface area (TPSA) is 66.5 Å². The average Bonchev–Trinajstić information content (AvgIpc) is 2.67. The molecule has 2 aromatic carbocycles. The maximum atomic E-state index is 13.7. The van der Waals surface area contributed by atoms with E-state index in [1.54, 1.807) is 12.1 Å². The number of carbonyl (C=O) groups excluding carboxylic acids is 1. The van der Waals surface area contributed by atoms with Crippen LogP contribution in [0.3, 0.4) is 0 Å². The smallest absolute Gasteiger partial charge is 0.227 e. The molecule has 0 unspecified atom stereocenters. The van der Waals surface area contributed by atoms with Gasteiger partial charge in [0, 0.05) is 29.1 Å². The van der Waals surface area contributed by atoms with E-state index in [4.69, 9.17) is 23.2 Å². The first kappa shape index (κ1) is 22.0. The first-order valence-electron chi connectivity index (χ1n) is 8.84. The molecule has 1 amide bonds. The first-order chi connectivity index (χ1) is 13.7. The Morgan fingerprint density at radius 3 is 2.31 bits per heavy atom. The molecule has 3 rings (SSSR count). The second-order valence-corrected chi connectivity index (χ2v) is 9.56. The molecule has 1 fully saturated rings. The Labute approximate surface area is 177 Å². The summed E-state index contributed by atoms with van der Waals surface area (Å²) in [6, 6.07) is 7.91. The molecule has 0 aromatic heterocycles. The summed E-state index contributed by atoms with van der Waals surface area (Å²) in [5.41, 5.74) is -0.0594. The number of para-hydroxylation sites is 1. The summed E-state index contributed by atoms with van der Waals surface area (Å²) < 4.78 is 54.1. The van der Waals surface area contributed by atoms with E-state index in [0.717, 1.165) is 12.1 Å². The Bertz CT molecular complexity index is 1010. The minimum absolute atomic E-state index is 0.130. The monoisotopic (exact) mass is 462 g/mol. The highest BCUT2D eigenvalue weighted by Gasteiger charge is 2.32. The molecule has 156 valence electrons. The van der Waals surface area contributed by atoms with Crippen molar-refractivity contribution in [2.75, 3.05) is 18.4 Å². The molecule has 1 heterocycles. The molecule has 1 saturated heterocycles. The van der Waals surface area contributed by atoms with E-state index >= 15 is 0 Å². The first-order valence-corrected chi connectivity index (χ1v) is 11.2. The largest absolute Gasteiger partial charge is 0.321 e. The van der Waals surface area contributed by atoms with Crippen molar-refractivity contribution in [3.63, 3.8) is 0 Å². The highest BCUT2D eigenvalue weighted by molar-refractivity contribution is 7.88. The number of amides is 1. The lowest BCUT2D eigenvalue weighted by Gasteiger charge is -2.30. The fourth-order valence-electron chi connectivity index (χ4n) is 3.17. The summed E-state index contributed by atoms with van der Waals surface area (Å²) in [6.45, 7) is 0.261. The SMILES string of the molecule is O=C(Nc1c(F)cccc1F)C1CCN(S(=O)(=O)Cc2ccc(Cl)cc2Cl)CC1. The number of benzene rings is 2. The van der Waals surface area contributed by atoms with Crippen molar-refractivity contribution in [1.82, 2.24) is 4.31 Å². The van der Waals surface area contributed by atoms with Gasteiger partial charge in [-0.2, -0.15) is 0 Å². The molecular formula is C19H18Cl2F2N2O3S. The Hall–Kier alpha value is -1.74. The summed E-state index contributed by atoms with van der Waals surface area (Å²) in [5, 5.41) is 2.94. The van der Waals surface area contributed by atoms with Crippen LogP contribution in [0.1, 0.15) is 18.4 Å². The minimum Gasteiger partial charge on any atom is -0.321 e. The molecule has 0 bridgehead atoms. The van der Waals surface area contributed by atoms with Crippen molar-refractivity contribution in [3.8, 4) is 0 Å². The third-order valence-electron chi connectivity index (χ3n) is 4.78. The lowest BCUT2D eigenvalue weighted by molar-refractivity contribution is -0.121. The molecule has 1 aliphatic heterocycles.